The molecule has 0 amide bonds. The van der Waals surface area contributed by atoms with Crippen molar-refractivity contribution in [2.45, 2.75) is 31.2 Å². The van der Waals surface area contributed by atoms with E-state index in [-0.39, 0.29) is 12.0 Å². The minimum atomic E-state index is -0.242. The molecule has 1 unspecified atom stereocenters. The molecule has 1 atom stereocenters. The molecule has 0 aliphatic rings. The summed E-state index contributed by atoms with van der Waals surface area (Å²) in [4.78, 5) is 13.0. The van der Waals surface area contributed by atoms with Gasteiger partial charge in [-0.25, -0.2) is 0 Å². The molecule has 3 nitrogen and oxygen atoms in total. The quantitative estimate of drug-likeness (QED) is 0.578. The molecule has 106 valence electrons. The Balaban J connectivity index is 2.51. The molecule has 19 heavy (non-hydrogen) atoms. The highest BCUT2D eigenvalue weighted by Gasteiger charge is 2.18. The summed E-state index contributed by atoms with van der Waals surface area (Å²) in [5, 5.41) is 3.23. The van der Waals surface area contributed by atoms with Crippen molar-refractivity contribution in [1.82, 2.24) is 5.32 Å². The monoisotopic (exact) mass is 345 g/mol. The summed E-state index contributed by atoms with van der Waals surface area (Å²) in [6.45, 7) is 5.16. The molecule has 0 aromatic heterocycles. The number of esters is 1. The van der Waals surface area contributed by atoms with Crippen molar-refractivity contribution in [2.75, 3.05) is 18.9 Å². The van der Waals surface area contributed by atoms with Crippen molar-refractivity contribution < 1.29 is 9.53 Å². The smallest absolute Gasteiger partial charge is 0.323 e. The van der Waals surface area contributed by atoms with E-state index in [0.717, 1.165) is 22.3 Å². The molecule has 1 rings (SSSR count). The highest BCUT2D eigenvalue weighted by molar-refractivity contribution is 9.10. The van der Waals surface area contributed by atoms with E-state index < -0.39 is 0 Å². The van der Waals surface area contributed by atoms with Crippen LogP contribution < -0.4 is 5.32 Å². The second kappa shape index (κ2) is 9.39. The lowest BCUT2D eigenvalue weighted by molar-refractivity contribution is -0.144. The Bertz CT molecular complexity index is 384. The third-order valence-corrected chi connectivity index (χ3v) is 4.08. The Morgan fingerprint density at radius 2 is 2.05 bits per heavy atom. The van der Waals surface area contributed by atoms with Gasteiger partial charge in [0.1, 0.15) is 6.04 Å². The van der Waals surface area contributed by atoms with Crippen LogP contribution in [0.25, 0.3) is 0 Å². The van der Waals surface area contributed by atoms with Crippen molar-refractivity contribution >= 4 is 33.7 Å². The number of nitrogens with one attached hydrogen (secondary N) is 1. The molecule has 0 bridgehead atoms. The molecule has 0 radical (unpaired) electrons. The predicted octanol–water partition coefficient (Wildman–Crippen LogP) is 3.47. The van der Waals surface area contributed by atoms with Crippen LogP contribution in [0.1, 0.15) is 20.3 Å². The van der Waals surface area contributed by atoms with Gasteiger partial charge in [0.15, 0.2) is 0 Å². The number of hydrogen-bond acceptors (Lipinski definition) is 4. The second-order valence-corrected chi connectivity index (χ2v) is 6.03. The topological polar surface area (TPSA) is 38.3 Å². The van der Waals surface area contributed by atoms with Gasteiger partial charge in [-0.1, -0.05) is 22.9 Å². The van der Waals surface area contributed by atoms with Crippen molar-refractivity contribution in [3.05, 3.63) is 28.7 Å². The maximum Gasteiger partial charge on any atom is 0.323 e. The van der Waals surface area contributed by atoms with Gasteiger partial charge in [-0.2, -0.15) is 0 Å². The minimum Gasteiger partial charge on any atom is -0.465 e. The van der Waals surface area contributed by atoms with Crippen molar-refractivity contribution in [1.29, 1.82) is 0 Å². The highest BCUT2D eigenvalue weighted by atomic mass is 79.9. The second-order valence-electron chi connectivity index (χ2n) is 4.02. The lowest BCUT2D eigenvalue weighted by atomic mass is 10.3. The molecular weight excluding hydrogens is 326 g/mol. The molecule has 0 saturated heterocycles. The molecule has 1 N–H and O–H groups in total. The predicted molar refractivity (Wildman–Crippen MR) is 83.6 cm³/mol. The first-order valence-corrected chi connectivity index (χ1v) is 8.23. The van der Waals surface area contributed by atoms with Crippen LogP contribution in [0.4, 0.5) is 0 Å². The Labute approximate surface area is 127 Å². The highest BCUT2D eigenvalue weighted by Crippen LogP contribution is 2.21. The van der Waals surface area contributed by atoms with Gasteiger partial charge in [0.05, 0.1) is 6.61 Å². The number of thioether (sulfide) groups is 1. The maximum absolute atomic E-state index is 11.8. The largest absolute Gasteiger partial charge is 0.465 e. The van der Waals surface area contributed by atoms with Crippen LogP contribution in [0.2, 0.25) is 0 Å². The van der Waals surface area contributed by atoms with Gasteiger partial charge >= 0.3 is 5.97 Å². The molecular formula is C14H20BrNO2S. The van der Waals surface area contributed by atoms with Crippen molar-refractivity contribution in [3.8, 4) is 0 Å². The third kappa shape index (κ3) is 6.45. The summed E-state index contributed by atoms with van der Waals surface area (Å²) < 4.78 is 6.14. The fourth-order valence-corrected chi connectivity index (χ4v) is 2.69. The van der Waals surface area contributed by atoms with E-state index in [4.69, 9.17) is 4.74 Å². The number of carbonyl (C=O) groups is 1. The molecule has 1 aromatic rings. The van der Waals surface area contributed by atoms with Gasteiger partial charge in [0.2, 0.25) is 0 Å². The van der Waals surface area contributed by atoms with Gasteiger partial charge in [-0.3, -0.25) is 4.79 Å². The van der Waals surface area contributed by atoms with Crippen LogP contribution >= 0.6 is 27.7 Å². The van der Waals surface area contributed by atoms with Crippen molar-refractivity contribution in [3.63, 3.8) is 0 Å². The average molecular weight is 346 g/mol. The zero-order valence-electron chi connectivity index (χ0n) is 11.3. The summed E-state index contributed by atoms with van der Waals surface area (Å²) >= 11 is 5.07. The first kappa shape index (κ1) is 16.5. The maximum atomic E-state index is 11.8. The molecule has 0 aliphatic heterocycles. The Kier molecular flexibility index (Phi) is 8.18. The Hall–Kier alpha value is -0.520. The third-order valence-electron chi connectivity index (χ3n) is 2.44. The van der Waals surface area contributed by atoms with E-state index in [1.54, 1.807) is 11.8 Å². The van der Waals surface area contributed by atoms with Crippen molar-refractivity contribution in [2.24, 2.45) is 0 Å². The van der Waals surface area contributed by atoms with E-state index in [1.807, 2.05) is 31.2 Å². The first-order chi connectivity index (χ1) is 9.17. The van der Waals surface area contributed by atoms with Gasteiger partial charge in [-0.05, 0) is 44.2 Å². The summed E-state index contributed by atoms with van der Waals surface area (Å²) in [6, 6.07) is 7.84. The molecule has 0 heterocycles. The van der Waals surface area contributed by atoms with Gasteiger partial charge in [0, 0.05) is 15.1 Å². The van der Waals surface area contributed by atoms with E-state index in [9.17, 15) is 4.79 Å². The Morgan fingerprint density at radius 3 is 2.63 bits per heavy atom. The summed E-state index contributed by atoms with van der Waals surface area (Å²) in [7, 11) is 0. The van der Waals surface area contributed by atoms with Crippen LogP contribution in [-0.2, 0) is 9.53 Å². The number of halogens is 1. The van der Waals surface area contributed by atoms with Crippen LogP contribution in [0.5, 0.6) is 0 Å². The standard InChI is InChI=1S/C14H20BrNO2S/c1-3-9-16-13(14(17)18-4-2)10-19-12-7-5-11(15)6-8-12/h5-8,13,16H,3-4,9-10H2,1-2H3. The molecule has 0 spiro atoms. The van der Waals surface area contributed by atoms with E-state index in [1.165, 1.54) is 0 Å². The lowest BCUT2D eigenvalue weighted by Crippen LogP contribution is -2.40. The van der Waals surface area contributed by atoms with Crippen LogP contribution in [0.3, 0.4) is 0 Å². The minimum absolute atomic E-state index is 0.166. The Morgan fingerprint density at radius 1 is 1.37 bits per heavy atom. The molecule has 5 heteroatoms. The van der Waals surface area contributed by atoms with Crippen LogP contribution in [0, 0.1) is 0 Å². The summed E-state index contributed by atoms with van der Waals surface area (Å²) in [5.41, 5.74) is 0. The average Bonchev–Trinajstić information content (AvgIpc) is 2.41. The number of hydrogen-bond donors (Lipinski definition) is 1. The lowest BCUT2D eigenvalue weighted by Gasteiger charge is -2.16. The number of ether oxygens (including phenoxy) is 1. The summed E-state index contributed by atoms with van der Waals surface area (Å²) in [6.07, 6.45) is 0.999. The number of rotatable bonds is 8. The number of carbonyl (C=O) groups excluding carboxylic acids is 1. The van der Waals surface area contributed by atoms with Crippen LogP contribution in [0.15, 0.2) is 33.6 Å². The molecule has 1 aromatic carbocycles. The fourth-order valence-electron chi connectivity index (χ4n) is 1.48. The zero-order chi connectivity index (χ0) is 14.1. The fraction of sp³-hybridized carbons (Fsp3) is 0.500. The SMILES string of the molecule is CCCNC(CSc1ccc(Br)cc1)C(=O)OCC. The van der Waals surface area contributed by atoms with Gasteiger partial charge < -0.3 is 10.1 Å². The van der Waals surface area contributed by atoms with E-state index in [2.05, 4.69) is 28.2 Å². The van der Waals surface area contributed by atoms with Gasteiger partial charge in [0.25, 0.3) is 0 Å². The normalized spacial score (nSPS) is 12.2. The van der Waals surface area contributed by atoms with Gasteiger partial charge in [-0.15, -0.1) is 11.8 Å². The molecule has 0 aliphatic carbocycles. The number of benzene rings is 1. The molecule has 0 fully saturated rings. The molecule has 0 saturated carbocycles. The first-order valence-electron chi connectivity index (χ1n) is 6.45. The van der Waals surface area contributed by atoms with E-state index in [0.29, 0.717) is 12.4 Å². The van der Waals surface area contributed by atoms with E-state index >= 15 is 0 Å². The van der Waals surface area contributed by atoms with Crippen LogP contribution in [-0.4, -0.2) is 30.9 Å². The summed E-state index contributed by atoms with van der Waals surface area (Å²) in [5.74, 6) is 0.515. The zero-order valence-corrected chi connectivity index (χ0v) is 13.7.